The number of nitrogens with one attached hydrogen (secondary N) is 1. The van der Waals surface area contributed by atoms with Crippen LogP contribution >= 0.6 is 11.3 Å². The summed E-state index contributed by atoms with van der Waals surface area (Å²) in [6.07, 6.45) is -3.40. The maximum Gasteiger partial charge on any atom is 0.433 e. The highest BCUT2D eigenvalue weighted by molar-refractivity contribution is 7.15. The Kier molecular flexibility index (Phi) is 4.27. The maximum absolute atomic E-state index is 13.1. The first-order chi connectivity index (χ1) is 12.9. The molecule has 0 saturated carbocycles. The molecule has 0 fully saturated rings. The monoisotopic (exact) mass is 390 g/mol. The van der Waals surface area contributed by atoms with Crippen LogP contribution in [0.15, 0.2) is 42.7 Å². The number of alkyl halides is 3. The van der Waals surface area contributed by atoms with Gasteiger partial charge in [0.05, 0.1) is 12.2 Å². The number of nitrogens with zero attached hydrogens (tertiary/aromatic N) is 5. The number of hydrogen-bond acceptors (Lipinski definition) is 6. The van der Waals surface area contributed by atoms with Crippen molar-refractivity contribution in [1.29, 1.82) is 0 Å². The quantitative estimate of drug-likeness (QED) is 0.566. The predicted octanol–water partition coefficient (Wildman–Crippen LogP) is 4.19. The van der Waals surface area contributed by atoms with E-state index in [-0.39, 0.29) is 11.6 Å². The number of thiazole rings is 1. The summed E-state index contributed by atoms with van der Waals surface area (Å²) < 4.78 is 40.4. The first kappa shape index (κ1) is 17.4. The Labute approximate surface area is 155 Å². The van der Waals surface area contributed by atoms with Crippen molar-refractivity contribution in [3.63, 3.8) is 0 Å². The second-order valence-corrected chi connectivity index (χ2v) is 6.83. The minimum atomic E-state index is -4.56. The summed E-state index contributed by atoms with van der Waals surface area (Å²) in [4.78, 5) is 12.7. The van der Waals surface area contributed by atoms with Crippen molar-refractivity contribution in [2.45, 2.75) is 19.6 Å². The molecule has 4 rings (SSSR count). The average Bonchev–Trinajstić information content (AvgIpc) is 3.26. The van der Waals surface area contributed by atoms with Gasteiger partial charge in [0.25, 0.3) is 5.78 Å². The van der Waals surface area contributed by atoms with Crippen LogP contribution in [-0.2, 0) is 12.7 Å². The van der Waals surface area contributed by atoms with Gasteiger partial charge in [-0.15, -0.1) is 11.3 Å². The number of benzene rings is 1. The van der Waals surface area contributed by atoms with Crippen molar-refractivity contribution < 1.29 is 13.2 Å². The van der Waals surface area contributed by atoms with Crippen LogP contribution in [0, 0.1) is 6.92 Å². The fraction of sp³-hybridized carbons (Fsp3) is 0.176. The largest absolute Gasteiger partial charge is 0.433 e. The highest BCUT2D eigenvalue weighted by atomic mass is 32.1. The molecule has 0 atom stereocenters. The first-order valence-corrected chi connectivity index (χ1v) is 8.77. The van der Waals surface area contributed by atoms with Crippen LogP contribution in [0.5, 0.6) is 0 Å². The number of hydrogen-bond donors (Lipinski definition) is 1. The summed E-state index contributed by atoms with van der Waals surface area (Å²) in [6.45, 7) is 2.19. The molecular formula is C17H13F3N6S. The van der Waals surface area contributed by atoms with Crippen molar-refractivity contribution in [2.24, 2.45) is 0 Å². The normalized spacial score (nSPS) is 11.9. The van der Waals surface area contributed by atoms with Gasteiger partial charge in [-0.05, 0) is 6.92 Å². The van der Waals surface area contributed by atoms with Gasteiger partial charge in [0.2, 0.25) is 0 Å². The van der Waals surface area contributed by atoms with Gasteiger partial charge in [-0.25, -0.2) is 9.97 Å². The molecule has 3 aromatic heterocycles. The van der Waals surface area contributed by atoms with Crippen LogP contribution in [0.4, 0.5) is 19.0 Å². The summed E-state index contributed by atoms with van der Waals surface area (Å²) in [5, 5.41) is 7.79. The first-order valence-electron chi connectivity index (χ1n) is 7.95. The summed E-state index contributed by atoms with van der Waals surface area (Å²) in [6, 6.07) is 10.6. The van der Waals surface area contributed by atoms with E-state index in [1.165, 1.54) is 22.2 Å². The van der Waals surface area contributed by atoms with Gasteiger partial charge >= 0.3 is 6.18 Å². The lowest BCUT2D eigenvalue weighted by Gasteiger charge is -2.11. The van der Waals surface area contributed by atoms with Gasteiger partial charge in [-0.1, -0.05) is 30.3 Å². The zero-order valence-electron chi connectivity index (χ0n) is 14.0. The van der Waals surface area contributed by atoms with Crippen molar-refractivity contribution >= 4 is 22.9 Å². The summed E-state index contributed by atoms with van der Waals surface area (Å²) in [5.74, 6) is 0.0530. The summed E-state index contributed by atoms with van der Waals surface area (Å²) >= 11 is 1.49. The molecular weight excluding hydrogens is 377 g/mol. The number of fused-ring (bicyclic) bond motifs is 1. The number of aromatic nitrogens is 5. The van der Waals surface area contributed by atoms with E-state index in [1.54, 1.807) is 0 Å². The Bertz CT molecular complexity index is 1090. The number of aryl methyl sites for hydroxylation is 1. The van der Waals surface area contributed by atoms with Gasteiger partial charge in [0, 0.05) is 16.5 Å². The standard InChI is InChI=1S/C17H13F3N6S/c1-10-12(27-15(24-10)11-5-3-2-4-6-11)8-21-14-7-13(17(18,19)20)25-16-22-9-23-26(14)16/h2-7,9,21H,8H2,1H3. The molecule has 0 aliphatic carbocycles. The third-order valence-electron chi connectivity index (χ3n) is 3.89. The third-order valence-corrected chi connectivity index (χ3v) is 5.09. The van der Waals surface area contributed by atoms with Gasteiger partial charge < -0.3 is 5.32 Å². The molecule has 3 heterocycles. The van der Waals surface area contributed by atoms with Crippen molar-refractivity contribution in [3.8, 4) is 10.6 Å². The highest BCUT2D eigenvalue weighted by Crippen LogP contribution is 2.31. The molecule has 138 valence electrons. The molecule has 0 saturated heterocycles. The lowest BCUT2D eigenvalue weighted by atomic mass is 10.2. The van der Waals surface area contributed by atoms with Crippen LogP contribution in [0.25, 0.3) is 16.3 Å². The van der Waals surface area contributed by atoms with Crippen LogP contribution < -0.4 is 5.32 Å². The molecule has 10 heteroatoms. The van der Waals surface area contributed by atoms with Gasteiger partial charge in [0.15, 0.2) is 5.69 Å². The topological polar surface area (TPSA) is 68.0 Å². The Balaban J connectivity index is 1.63. The molecule has 6 nitrogen and oxygen atoms in total. The molecule has 0 unspecified atom stereocenters. The minimum Gasteiger partial charge on any atom is -0.365 e. The maximum atomic E-state index is 13.1. The molecule has 0 aliphatic rings. The van der Waals surface area contributed by atoms with E-state index in [2.05, 4.69) is 25.4 Å². The Morgan fingerprint density at radius 2 is 1.93 bits per heavy atom. The van der Waals surface area contributed by atoms with E-state index in [4.69, 9.17) is 0 Å². The molecule has 27 heavy (non-hydrogen) atoms. The molecule has 4 aromatic rings. The SMILES string of the molecule is Cc1nc(-c2ccccc2)sc1CNc1cc(C(F)(F)F)nc2ncnn12. The Hall–Kier alpha value is -3.01. The van der Waals surface area contributed by atoms with Gasteiger partial charge in [-0.3, -0.25) is 0 Å². The Morgan fingerprint density at radius 1 is 1.15 bits per heavy atom. The van der Waals surface area contributed by atoms with E-state index in [0.29, 0.717) is 6.54 Å². The minimum absolute atomic E-state index is 0.113. The van der Waals surface area contributed by atoms with Crippen LogP contribution in [0.2, 0.25) is 0 Å². The number of rotatable bonds is 4. The fourth-order valence-electron chi connectivity index (χ4n) is 2.55. The summed E-state index contributed by atoms with van der Waals surface area (Å²) in [5.41, 5.74) is 0.807. The van der Waals surface area contributed by atoms with Gasteiger partial charge in [-0.2, -0.15) is 27.8 Å². The second kappa shape index (κ2) is 6.62. The molecule has 0 bridgehead atoms. The zero-order chi connectivity index (χ0) is 19.0. The smallest absolute Gasteiger partial charge is 0.365 e. The average molecular weight is 390 g/mol. The van der Waals surface area contributed by atoms with Crippen molar-refractivity contribution in [2.75, 3.05) is 5.32 Å². The van der Waals surface area contributed by atoms with Gasteiger partial charge in [0.1, 0.15) is 17.2 Å². The van der Waals surface area contributed by atoms with E-state index in [0.717, 1.165) is 27.2 Å². The molecule has 1 N–H and O–H groups in total. The lowest BCUT2D eigenvalue weighted by molar-refractivity contribution is -0.141. The molecule has 0 aliphatic heterocycles. The van der Waals surface area contributed by atoms with Crippen LogP contribution in [-0.4, -0.2) is 24.6 Å². The van der Waals surface area contributed by atoms with Crippen molar-refractivity contribution in [3.05, 3.63) is 59.0 Å². The third kappa shape index (κ3) is 3.47. The number of anilines is 1. The fourth-order valence-corrected chi connectivity index (χ4v) is 3.56. The molecule has 1 aromatic carbocycles. The second-order valence-electron chi connectivity index (χ2n) is 5.74. The molecule has 0 spiro atoms. The molecule has 0 radical (unpaired) electrons. The molecule has 0 amide bonds. The van der Waals surface area contributed by atoms with E-state index >= 15 is 0 Å². The lowest BCUT2D eigenvalue weighted by Crippen LogP contribution is -2.13. The van der Waals surface area contributed by atoms with E-state index in [9.17, 15) is 13.2 Å². The van der Waals surface area contributed by atoms with Crippen LogP contribution in [0.1, 0.15) is 16.3 Å². The van der Waals surface area contributed by atoms with E-state index in [1.807, 2.05) is 37.3 Å². The van der Waals surface area contributed by atoms with Crippen molar-refractivity contribution in [1.82, 2.24) is 24.6 Å². The predicted molar refractivity (Wildman–Crippen MR) is 95.4 cm³/mol. The van der Waals surface area contributed by atoms with E-state index < -0.39 is 11.9 Å². The Morgan fingerprint density at radius 3 is 2.67 bits per heavy atom. The zero-order valence-corrected chi connectivity index (χ0v) is 14.8. The highest BCUT2D eigenvalue weighted by Gasteiger charge is 2.34. The van der Waals surface area contributed by atoms with Crippen LogP contribution in [0.3, 0.4) is 0 Å². The number of halogens is 3. The summed E-state index contributed by atoms with van der Waals surface area (Å²) in [7, 11) is 0.